The van der Waals surface area contributed by atoms with Crippen LogP contribution in [0.5, 0.6) is 0 Å². The summed E-state index contributed by atoms with van der Waals surface area (Å²) in [6.45, 7) is 1.98. The van der Waals surface area contributed by atoms with E-state index in [2.05, 4.69) is 42.0 Å². The van der Waals surface area contributed by atoms with E-state index in [1.54, 1.807) is 19.1 Å². The molecule has 0 fully saturated rings. The van der Waals surface area contributed by atoms with Crippen LogP contribution in [0.3, 0.4) is 0 Å². The Balaban J connectivity index is 2.98. The molecule has 1 aromatic rings. The van der Waals surface area contributed by atoms with Crippen molar-refractivity contribution >= 4 is 49.5 Å². The van der Waals surface area contributed by atoms with Crippen molar-refractivity contribution in [2.45, 2.75) is 6.92 Å². The quantitative estimate of drug-likeness (QED) is 0.596. The Morgan fingerprint density at radius 1 is 1.42 bits per heavy atom. The van der Waals surface area contributed by atoms with E-state index in [1.165, 1.54) is 7.11 Å². The third-order valence-corrected chi connectivity index (χ3v) is 3.40. The second-order valence-electron chi connectivity index (χ2n) is 3.50. The highest BCUT2D eigenvalue weighted by Gasteiger charge is 2.19. The molecule has 3 N–H and O–H groups in total. The fourth-order valence-electron chi connectivity index (χ4n) is 1.32. The summed E-state index contributed by atoms with van der Waals surface area (Å²) < 4.78 is 5.83. The number of amides is 2. The largest absolute Gasteiger partial charge is 0.452 e. The van der Waals surface area contributed by atoms with Gasteiger partial charge in [0, 0.05) is 15.5 Å². The average molecular weight is 395 g/mol. The minimum absolute atomic E-state index is 0.253. The van der Waals surface area contributed by atoms with Crippen molar-refractivity contribution in [1.29, 1.82) is 0 Å². The van der Waals surface area contributed by atoms with Crippen molar-refractivity contribution in [3.8, 4) is 0 Å². The molecule has 104 valence electrons. The second-order valence-corrected chi connectivity index (χ2v) is 5.27. The first kappa shape index (κ1) is 15.8. The molecule has 6 nitrogen and oxygen atoms in total. The Labute approximate surface area is 127 Å². The number of nitrogens with two attached hydrogens (primary N) is 1. The van der Waals surface area contributed by atoms with Crippen LogP contribution in [0.2, 0.25) is 0 Å². The lowest BCUT2D eigenvalue weighted by molar-refractivity contribution is 0.0723. The van der Waals surface area contributed by atoms with Crippen molar-refractivity contribution in [1.82, 2.24) is 10.4 Å². The van der Waals surface area contributed by atoms with Crippen molar-refractivity contribution in [2.24, 2.45) is 0 Å². The maximum atomic E-state index is 12.1. The summed E-state index contributed by atoms with van der Waals surface area (Å²) in [5.74, 6) is -0.494. The zero-order valence-electron chi connectivity index (χ0n) is 10.4. The number of anilines is 1. The molecule has 19 heavy (non-hydrogen) atoms. The molecular formula is C11H13Br2N3O3. The van der Waals surface area contributed by atoms with Gasteiger partial charge < -0.3 is 10.5 Å². The molecule has 0 saturated heterocycles. The number of rotatable bonds is 2. The fourth-order valence-corrected chi connectivity index (χ4v) is 2.54. The van der Waals surface area contributed by atoms with Crippen LogP contribution in [0, 0.1) is 0 Å². The van der Waals surface area contributed by atoms with Gasteiger partial charge in [-0.15, -0.1) is 0 Å². The molecule has 0 aromatic heterocycles. The van der Waals surface area contributed by atoms with Crippen molar-refractivity contribution < 1.29 is 14.3 Å². The van der Waals surface area contributed by atoms with Gasteiger partial charge in [-0.25, -0.2) is 9.80 Å². The third kappa shape index (κ3) is 3.84. The lowest BCUT2D eigenvalue weighted by atomic mass is 10.2. The molecule has 0 heterocycles. The van der Waals surface area contributed by atoms with E-state index in [9.17, 15) is 9.59 Å². The van der Waals surface area contributed by atoms with E-state index < -0.39 is 12.0 Å². The Morgan fingerprint density at radius 2 is 2.05 bits per heavy atom. The molecule has 0 aliphatic heterocycles. The van der Waals surface area contributed by atoms with Gasteiger partial charge >= 0.3 is 6.09 Å². The molecule has 0 aliphatic carbocycles. The summed E-state index contributed by atoms with van der Waals surface area (Å²) in [4.78, 5) is 23.4. The molecule has 8 heteroatoms. The van der Waals surface area contributed by atoms with E-state index in [1.807, 2.05) is 0 Å². The average Bonchev–Trinajstić information content (AvgIpc) is 2.38. The topological polar surface area (TPSA) is 84.7 Å². The van der Waals surface area contributed by atoms with E-state index in [0.717, 1.165) is 5.01 Å². The summed E-state index contributed by atoms with van der Waals surface area (Å²) in [7, 11) is 1.24. The highest BCUT2D eigenvalue weighted by Crippen LogP contribution is 2.28. The lowest BCUT2D eigenvalue weighted by Crippen LogP contribution is -2.46. The second kappa shape index (κ2) is 6.76. The Kier molecular flexibility index (Phi) is 5.61. The van der Waals surface area contributed by atoms with Crippen LogP contribution in [0.25, 0.3) is 0 Å². The maximum Gasteiger partial charge on any atom is 0.428 e. The summed E-state index contributed by atoms with van der Waals surface area (Å²) >= 11 is 6.52. The van der Waals surface area contributed by atoms with Gasteiger partial charge in [-0.1, -0.05) is 15.9 Å². The zero-order chi connectivity index (χ0) is 14.6. The highest BCUT2D eigenvalue weighted by molar-refractivity contribution is 9.11. The Morgan fingerprint density at radius 3 is 2.58 bits per heavy atom. The van der Waals surface area contributed by atoms with E-state index in [4.69, 9.17) is 5.73 Å². The summed E-state index contributed by atoms with van der Waals surface area (Å²) in [6.07, 6.45) is -0.650. The molecule has 2 amide bonds. The fraction of sp³-hybridized carbons (Fsp3) is 0.273. The van der Waals surface area contributed by atoms with Crippen molar-refractivity contribution in [2.75, 3.05) is 19.4 Å². The van der Waals surface area contributed by atoms with Gasteiger partial charge in [-0.05, 0) is 35.0 Å². The third-order valence-electron chi connectivity index (χ3n) is 2.29. The van der Waals surface area contributed by atoms with E-state index >= 15 is 0 Å². The van der Waals surface area contributed by atoms with Gasteiger partial charge in [0.1, 0.15) is 0 Å². The minimum Gasteiger partial charge on any atom is -0.452 e. The molecule has 0 bridgehead atoms. The number of halogens is 2. The molecule has 1 rings (SSSR count). The number of methoxy groups -OCH3 is 1. The summed E-state index contributed by atoms with van der Waals surface area (Å²) in [5, 5.41) is 1.05. The molecular weight excluding hydrogens is 382 g/mol. The van der Waals surface area contributed by atoms with Gasteiger partial charge in [-0.3, -0.25) is 10.2 Å². The summed E-state index contributed by atoms with van der Waals surface area (Å²) in [5.41, 5.74) is 8.79. The number of nitrogens with one attached hydrogen (secondary N) is 1. The standard InChI is InChI=1S/C11H13Br2N3O3/c1-3-16(11(18)19-2)15-10(17)7-4-6(12)5-8(13)9(7)14/h4-5H,3,14H2,1-2H3,(H,15,17). The smallest absolute Gasteiger partial charge is 0.428 e. The van der Waals surface area contributed by atoms with Gasteiger partial charge in [0.2, 0.25) is 0 Å². The first-order chi connectivity index (χ1) is 8.90. The number of hydrazine groups is 1. The van der Waals surface area contributed by atoms with Crippen LogP contribution in [0.15, 0.2) is 21.1 Å². The molecule has 0 unspecified atom stereocenters. The number of hydrogen-bond acceptors (Lipinski definition) is 4. The van der Waals surface area contributed by atoms with Crippen molar-refractivity contribution in [3.63, 3.8) is 0 Å². The molecule has 1 aromatic carbocycles. The highest BCUT2D eigenvalue weighted by atomic mass is 79.9. The molecule has 0 radical (unpaired) electrons. The zero-order valence-corrected chi connectivity index (χ0v) is 13.5. The number of carbonyl (C=O) groups is 2. The first-order valence-electron chi connectivity index (χ1n) is 5.31. The van der Waals surface area contributed by atoms with Gasteiger partial charge in [-0.2, -0.15) is 0 Å². The lowest BCUT2D eigenvalue weighted by Gasteiger charge is -2.20. The normalized spacial score (nSPS) is 9.89. The van der Waals surface area contributed by atoms with Crippen LogP contribution in [-0.4, -0.2) is 30.7 Å². The van der Waals surface area contributed by atoms with Crippen LogP contribution in [-0.2, 0) is 4.74 Å². The molecule has 0 atom stereocenters. The van der Waals surface area contributed by atoms with E-state index in [0.29, 0.717) is 14.6 Å². The van der Waals surface area contributed by atoms with Gasteiger partial charge in [0.25, 0.3) is 5.91 Å². The summed E-state index contributed by atoms with van der Waals surface area (Å²) in [6, 6.07) is 3.30. The number of nitrogens with zero attached hydrogens (tertiary/aromatic N) is 1. The molecule has 0 spiro atoms. The van der Waals surface area contributed by atoms with Crippen LogP contribution >= 0.6 is 31.9 Å². The van der Waals surface area contributed by atoms with Crippen LogP contribution in [0.1, 0.15) is 17.3 Å². The number of carbonyl (C=O) groups excluding carboxylic acids is 2. The molecule has 0 saturated carbocycles. The van der Waals surface area contributed by atoms with Gasteiger partial charge in [0.05, 0.1) is 18.4 Å². The molecule has 0 aliphatic rings. The van der Waals surface area contributed by atoms with Crippen molar-refractivity contribution in [3.05, 3.63) is 26.6 Å². The maximum absolute atomic E-state index is 12.1. The predicted octanol–water partition coefficient (Wildman–Crippen LogP) is 2.53. The number of benzene rings is 1. The monoisotopic (exact) mass is 393 g/mol. The number of nitrogen functional groups attached to an aromatic ring is 1. The van der Waals surface area contributed by atoms with Gasteiger partial charge in [0.15, 0.2) is 0 Å². The minimum atomic E-state index is -0.650. The Bertz CT molecular complexity index is 508. The van der Waals surface area contributed by atoms with Crippen LogP contribution < -0.4 is 11.2 Å². The predicted molar refractivity (Wildman–Crippen MR) is 78.5 cm³/mol. The Hall–Kier alpha value is -1.28. The van der Waals surface area contributed by atoms with Crippen LogP contribution in [0.4, 0.5) is 10.5 Å². The first-order valence-corrected chi connectivity index (χ1v) is 6.90. The SMILES string of the molecule is CCN(NC(=O)c1cc(Br)cc(Br)c1N)C(=O)OC. The number of ether oxygens (including phenoxy) is 1. The number of hydrogen-bond donors (Lipinski definition) is 2. The van der Waals surface area contributed by atoms with E-state index in [-0.39, 0.29) is 12.1 Å².